The van der Waals surface area contributed by atoms with Crippen LogP contribution in [0, 0.1) is 5.92 Å². The molecule has 0 radical (unpaired) electrons. The summed E-state index contributed by atoms with van der Waals surface area (Å²) in [5.74, 6) is -1.06. The van der Waals surface area contributed by atoms with E-state index in [0.29, 0.717) is 6.42 Å². The molecule has 0 aliphatic carbocycles. The molecule has 1 aromatic rings. The Morgan fingerprint density at radius 1 is 1.29 bits per heavy atom. The van der Waals surface area contributed by atoms with Gasteiger partial charge in [0, 0.05) is 6.08 Å². The van der Waals surface area contributed by atoms with Gasteiger partial charge < -0.3 is 5.11 Å². The zero-order chi connectivity index (χ0) is 15.6. The fourth-order valence-corrected chi connectivity index (χ4v) is 2.50. The Balaban J connectivity index is 2.23. The molecule has 0 spiro atoms. The summed E-state index contributed by atoms with van der Waals surface area (Å²) in [6.45, 7) is 5.37. The smallest absolute Gasteiger partial charge is 0.259 e. The van der Waals surface area contributed by atoms with Crippen molar-refractivity contribution in [3.63, 3.8) is 0 Å². The van der Waals surface area contributed by atoms with E-state index in [2.05, 4.69) is 0 Å². The number of nitrogens with zero attached hydrogens (tertiary/aromatic N) is 1. The minimum absolute atomic E-state index is 0.219. The number of benzene rings is 1. The monoisotopic (exact) mass is 287 g/mol. The molecule has 0 aromatic heterocycles. The van der Waals surface area contributed by atoms with E-state index in [0.717, 1.165) is 11.1 Å². The largest absolute Gasteiger partial charge is 0.383 e. The number of imide groups is 1. The second kappa shape index (κ2) is 6.22. The minimum Gasteiger partial charge on any atom is -0.383 e. The first-order valence-corrected chi connectivity index (χ1v) is 7.19. The molecule has 0 saturated carbocycles. The van der Waals surface area contributed by atoms with E-state index in [1.54, 1.807) is 13.8 Å². The average Bonchev–Trinajstić information content (AvgIpc) is 2.72. The number of aliphatic hydroxyl groups excluding tert-OH is 1. The Morgan fingerprint density at radius 2 is 1.90 bits per heavy atom. The van der Waals surface area contributed by atoms with E-state index in [9.17, 15) is 14.7 Å². The quantitative estimate of drug-likeness (QED) is 0.920. The van der Waals surface area contributed by atoms with Gasteiger partial charge in [0.25, 0.3) is 11.8 Å². The van der Waals surface area contributed by atoms with Crippen LogP contribution in [0.15, 0.2) is 42.0 Å². The van der Waals surface area contributed by atoms with E-state index < -0.39 is 12.0 Å². The van der Waals surface area contributed by atoms with Crippen LogP contribution in [0.1, 0.15) is 26.3 Å². The van der Waals surface area contributed by atoms with Crippen LogP contribution in [-0.2, 0) is 16.0 Å². The van der Waals surface area contributed by atoms with Crippen molar-refractivity contribution in [1.82, 2.24) is 4.90 Å². The normalized spacial score (nSPS) is 19.9. The van der Waals surface area contributed by atoms with E-state index >= 15 is 0 Å². The molecule has 4 heteroatoms. The number of carbonyl (C=O) groups is 2. The van der Waals surface area contributed by atoms with Gasteiger partial charge >= 0.3 is 0 Å². The first-order valence-electron chi connectivity index (χ1n) is 7.19. The molecule has 112 valence electrons. The SMILES string of the molecule is CC1=CC(=O)N(C(=O)[C@@H](O)C(C)C)[C@H]1Cc1ccccc1. The van der Waals surface area contributed by atoms with Crippen LogP contribution in [0.5, 0.6) is 0 Å². The molecule has 1 heterocycles. The first kappa shape index (κ1) is 15.4. The van der Waals surface area contributed by atoms with E-state index in [1.807, 2.05) is 37.3 Å². The maximum Gasteiger partial charge on any atom is 0.259 e. The molecule has 0 bridgehead atoms. The Hall–Kier alpha value is -1.94. The van der Waals surface area contributed by atoms with Gasteiger partial charge in [0.2, 0.25) is 0 Å². The summed E-state index contributed by atoms with van der Waals surface area (Å²) in [5.41, 5.74) is 1.91. The molecule has 2 rings (SSSR count). The summed E-state index contributed by atoms with van der Waals surface area (Å²) in [6.07, 6.45) is 0.913. The molecule has 0 saturated heterocycles. The Kier molecular flexibility index (Phi) is 4.58. The fraction of sp³-hybridized carbons (Fsp3) is 0.412. The zero-order valence-electron chi connectivity index (χ0n) is 12.6. The van der Waals surface area contributed by atoms with Gasteiger partial charge in [0.15, 0.2) is 0 Å². The van der Waals surface area contributed by atoms with Gasteiger partial charge in [-0.15, -0.1) is 0 Å². The van der Waals surface area contributed by atoms with Crippen LogP contribution < -0.4 is 0 Å². The molecular weight excluding hydrogens is 266 g/mol. The van der Waals surface area contributed by atoms with E-state index in [-0.39, 0.29) is 17.9 Å². The van der Waals surface area contributed by atoms with Crippen LogP contribution in [0.3, 0.4) is 0 Å². The maximum atomic E-state index is 12.4. The molecule has 2 amide bonds. The Morgan fingerprint density at radius 3 is 2.48 bits per heavy atom. The third-order valence-corrected chi connectivity index (χ3v) is 3.82. The van der Waals surface area contributed by atoms with Crippen LogP contribution >= 0.6 is 0 Å². The average molecular weight is 287 g/mol. The van der Waals surface area contributed by atoms with Gasteiger partial charge in [-0.2, -0.15) is 0 Å². The van der Waals surface area contributed by atoms with Crippen molar-refractivity contribution < 1.29 is 14.7 Å². The van der Waals surface area contributed by atoms with Gasteiger partial charge in [0.05, 0.1) is 6.04 Å². The molecule has 1 aliphatic rings. The van der Waals surface area contributed by atoms with Crippen molar-refractivity contribution >= 4 is 11.8 Å². The zero-order valence-corrected chi connectivity index (χ0v) is 12.6. The van der Waals surface area contributed by atoms with Crippen molar-refractivity contribution in [1.29, 1.82) is 0 Å². The van der Waals surface area contributed by atoms with Crippen LogP contribution in [0.25, 0.3) is 0 Å². The third kappa shape index (κ3) is 3.22. The number of carbonyl (C=O) groups excluding carboxylic acids is 2. The van der Waals surface area contributed by atoms with Crippen LogP contribution in [-0.4, -0.2) is 34.0 Å². The highest BCUT2D eigenvalue weighted by atomic mass is 16.3. The van der Waals surface area contributed by atoms with Crippen molar-refractivity contribution in [3.05, 3.63) is 47.5 Å². The van der Waals surface area contributed by atoms with Crippen molar-refractivity contribution in [2.45, 2.75) is 39.3 Å². The van der Waals surface area contributed by atoms with Crippen LogP contribution in [0.4, 0.5) is 0 Å². The van der Waals surface area contributed by atoms with Gasteiger partial charge in [-0.1, -0.05) is 44.2 Å². The molecule has 0 unspecified atom stereocenters. The summed E-state index contributed by atoms with van der Waals surface area (Å²) in [6, 6.07) is 9.42. The van der Waals surface area contributed by atoms with Crippen LogP contribution in [0.2, 0.25) is 0 Å². The lowest BCUT2D eigenvalue weighted by Gasteiger charge is -2.28. The van der Waals surface area contributed by atoms with Gasteiger partial charge in [-0.25, -0.2) is 0 Å². The van der Waals surface area contributed by atoms with E-state index in [1.165, 1.54) is 11.0 Å². The molecule has 21 heavy (non-hydrogen) atoms. The van der Waals surface area contributed by atoms with Crippen molar-refractivity contribution in [3.8, 4) is 0 Å². The lowest BCUT2D eigenvalue weighted by atomic mass is 9.99. The third-order valence-electron chi connectivity index (χ3n) is 3.82. The number of hydrogen-bond acceptors (Lipinski definition) is 3. The second-order valence-electron chi connectivity index (χ2n) is 5.83. The lowest BCUT2D eigenvalue weighted by molar-refractivity contribution is -0.150. The Labute approximate surface area is 125 Å². The first-order chi connectivity index (χ1) is 9.91. The number of rotatable bonds is 4. The molecule has 1 aromatic carbocycles. The standard InChI is InChI=1S/C17H21NO3/c1-11(2)16(20)17(21)18-14(12(3)9-15(18)19)10-13-7-5-4-6-8-13/h4-9,11,14,16,20H,10H2,1-3H3/t14-,16-/m0/s1. The number of aliphatic hydroxyl groups is 1. The molecular formula is C17H21NO3. The summed E-state index contributed by atoms with van der Waals surface area (Å²) in [5, 5.41) is 9.98. The maximum absolute atomic E-state index is 12.4. The highest BCUT2D eigenvalue weighted by molar-refractivity contribution is 6.05. The predicted octanol–water partition coefficient (Wildman–Crippen LogP) is 1.93. The lowest BCUT2D eigenvalue weighted by Crippen LogP contribution is -2.48. The highest BCUT2D eigenvalue weighted by Gasteiger charge is 2.38. The summed E-state index contributed by atoms with van der Waals surface area (Å²) in [7, 11) is 0. The number of hydrogen-bond donors (Lipinski definition) is 1. The molecule has 4 nitrogen and oxygen atoms in total. The summed E-state index contributed by atoms with van der Waals surface area (Å²) >= 11 is 0. The van der Waals surface area contributed by atoms with Gasteiger partial charge in [0.1, 0.15) is 6.10 Å². The van der Waals surface area contributed by atoms with E-state index in [4.69, 9.17) is 0 Å². The van der Waals surface area contributed by atoms with Crippen molar-refractivity contribution in [2.75, 3.05) is 0 Å². The number of amides is 2. The molecule has 1 N–H and O–H groups in total. The summed E-state index contributed by atoms with van der Waals surface area (Å²) < 4.78 is 0. The highest BCUT2D eigenvalue weighted by Crippen LogP contribution is 2.24. The minimum atomic E-state index is -1.15. The molecule has 2 atom stereocenters. The van der Waals surface area contributed by atoms with Gasteiger partial charge in [-0.05, 0) is 30.4 Å². The van der Waals surface area contributed by atoms with Gasteiger partial charge in [-0.3, -0.25) is 14.5 Å². The fourth-order valence-electron chi connectivity index (χ4n) is 2.50. The molecule has 0 fully saturated rings. The Bertz CT molecular complexity index is 563. The predicted molar refractivity (Wildman–Crippen MR) is 80.4 cm³/mol. The second-order valence-corrected chi connectivity index (χ2v) is 5.83. The topological polar surface area (TPSA) is 57.6 Å². The van der Waals surface area contributed by atoms with Crippen molar-refractivity contribution in [2.24, 2.45) is 5.92 Å². The molecule has 1 aliphatic heterocycles. The summed E-state index contributed by atoms with van der Waals surface area (Å²) in [4.78, 5) is 25.6.